The van der Waals surface area contributed by atoms with Gasteiger partial charge in [-0.15, -0.1) is 0 Å². The third-order valence-electron chi connectivity index (χ3n) is 4.38. The van der Waals surface area contributed by atoms with Crippen molar-refractivity contribution in [2.24, 2.45) is 5.41 Å². The van der Waals surface area contributed by atoms with Gasteiger partial charge in [0, 0.05) is 25.0 Å². The molecule has 3 N–H and O–H groups in total. The Labute approximate surface area is 129 Å². The minimum atomic E-state index is -0.179. The van der Waals surface area contributed by atoms with Gasteiger partial charge in [-0.05, 0) is 31.9 Å². The fourth-order valence-corrected chi connectivity index (χ4v) is 2.66. The Kier molecular flexibility index (Phi) is 4.02. The number of hydrogen-bond donors (Lipinski definition) is 3. The minimum absolute atomic E-state index is 0.0610. The molecule has 1 fully saturated rings. The number of nitrogens with zero attached hydrogens (tertiary/aromatic N) is 2. The van der Waals surface area contributed by atoms with Gasteiger partial charge in [0.2, 0.25) is 0 Å². The van der Waals surface area contributed by atoms with Crippen molar-refractivity contribution in [1.29, 1.82) is 0 Å². The van der Waals surface area contributed by atoms with Crippen molar-refractivity contribution in [3.63, 3.8) is 0 Å². The van der Waals surface area contributed by atoms with E-state index in [1.807, 2.05) is 31.2 Å². The highest BCUT2D eigenvalue weighted by Gasteiger charge is 2.42. The zero-order chi connectivity index (χ0) is 15.6. The van der Waals surface area contributed by atoms with E-state index in [2.05, 4.69) is 20.2 Å². The van der Waals surface area contributed by atoms with Crippen LogP contribution in [0.25, 0.3) is 11.0 Å². The zero-order valence-corrected chi connectivity index (χ0v) is 12.8. The summed E-state index contributed by atoms with van der Waals surface area (Å²) in [5, 5.41) is 14.9. The van der Waals surface area contributed by atoms with Crippen molar-refractivity contribution in [1.82, 2.24) is 20.2 Å². The number of fused-ring (bicyclic) bond motifs is 1. The molecule has 118 valence electrons. The Balaban J connectivity index is 1.50. The molecule has 0 bridgehead atoms. The predicted octanol–water partition coefficient (Wildman–Crippen LogP) is 1.42. The number of aliphatic hydroxyl groups is 1. The van der Waals surface area contributed by atoms with Gasteiger partial charge in [-0.3, -0.25) is 0 Å². The molecule has 1 saturated carbocycles. The molecule has 1 heterocycles. The van der Waals surface area contributed by atoms with Gasteiger partial charge in [0.1, 0.15) is 5.82 Å². The quantitative estimate of drug-likeness (QED) is 0.755. The highest BCUT2D eigenvalue weighted by Crippen LogP contribution is 2.44. The molecule has 6 nitrogen and oxygen atoms in total. The maximum Gasteiger partial charge on any atom is 0.314 e. The van der Waals surface area contributed by atoms with Crippen molar-refractivity contribution in [3.05, 3.63) is 30.1 Å². The number of urea groups is 1. The van der Waals surface area contributed by atoms with Gasteiger partial charge in [0.05, 0.1) is 17.6 Å². The fraction of sp³-hybridized carbons (Fsp3) is 0.500. The molecule has 0 aliphatic heterocycles. The van der Waals surface area contributed by atoms with E-state index in [0.29, 0.717) is 19.6 Å². The van der Waals surface area contributed by atoms with Crippen LogP contribution in [-0.4, -0.2) is 40.4 Å². The van der Waals surface area contributed by atoms with E-state index >= 15 is 0 Å². The molecule has 0 unspecified atom stereocenters. The van der Waals surface area contributed by atoms with E-state index in [4.69, 9.17) is 0 Å². The van der Waals surface area contributed by atoms with E-state index in [-0.39, 0.29) is 18.1 Å². The molecular weight excluding hydrogens is 280 g/mol. The molecule has 22 heavy (non-hydrogen) atoms. The van der Waals surface area contributed by atoms with Crippen molar-refractivity contribution in [3.8, 4) is 0 Å². The van der Waals surface area contributed by atoms with E-state index in [1.54, 1.807) is 0 Å². The van der Waals surface area contributed by atoms with Gasteiger partial charge in [0.15, 0.2) is 0 Å². The second kappa shape index (κ2) is 5.96. The number of para-hydroxylation sites is 2. The number of benzene rings is 1. The van der Waals surface area contributed by atoms with E-state index < -0.39 is 0 Å². The number of carbonyl (C=O) groups excluding carboxylic acids is 1. The van der Waals surface area contributed by atoms with Crippen molar-refractivity contribution < 1.29 is 9.90 Å². The summed E-state index contributed by atoms with van der Waals surface area (Å²) in [5.74, 6) is 0.945. The lowest BCUT2D eigenvalue weighted by Crippen LogP contribution is -2.40. The van der Waals surface area contributed by atoms with Gasteiger partial charge in [-0.1, -0.05) is 12.1 Å². The molecule has 1 aromatic heterocycles. The van der Waals surface area contributed by atoms with Crippen LogP contribution in [0.2, 0.25) is 0 Å². The van der Waals surface area contributed by atoms with Crippen molar-refractivity contribution in [2.45, 2.75) is 26.3 Å². The van der Waals surface area contributed by atoms with Gasteiger partial charge in [-0.2, -0.15) is 0 Å². The predicted molar refractivity (Wildman–Crippen MR) is 84.6 cm³/mol. The van der Waals surface area contributed by atoms with Crippen LogP contribution in [-0.2, 0) is 6.54 Å². The number of carbonyl (C=O) groups is 1. The van der Waals surface area contributed by atoms with Crippen LogP contribution in [0.5, 0.6) is 0 Å². The molecule has 2 aromatic rings. The molecule has 2 amide bonds. The SMILES string of the molecule is Cc1nc2ccccc2n1CCNC(=O)NCC1(CO)CC1. The molecule has 0 saturated heterocycles. The highest BCUT2D eigenvalue weighted by molar-refractivity contribution is 5.76. The summed E-state index contributed by atoms with van der Waals surface area (Å²) in [6.07, 6.45) is 1.98. The minimum Gasteiger partial charge on any atom is -0.396 e. The molecule has 3 rings (SSSR count). The number of aliphatic hydroxyl groups excluding tert-OH is 1. The number of hydrogen-bond acceptors (Lipinski definition) is 3. The number of rotatable bonds is 6. The first-order chi connectivity index (χ1) is 10.6. The van der Waals surface area contributed by atoms with Gasteiger partial charge in [0.25, 0.3) is 0 Å². The summed E-state index contributed by atoms with van der Waals surface area (Å²) in [4.78, 5) is 16.3. The molecule has 0 spiro atoms. The standard InChI is InChI=1S/C16H22N4O2/c1-12-19-13-4-2-3-5-14(13)20(12)9-8-17-15(22)18-10-16(11-21)6-7-16/h2-5,21H,6-11H2,1H3,(H2,17,18,22). The lowest BCUT2D eigenvalue weighted by molar-refractivity contribution is 0.203. The van der Waals surface area contributed by atoms with Crippen LogP contribution in [0.1, 0.15) is 18.7 Å². The largest absolute Gasteiger partial charge is 0.396 e. The Morgan fingerprint density at radius 1 is 1.36 bits per heavy atom. The van der Waals surface area contributed by atoms with E-state index in [9.17, 15) is 9.90 Å². The van der Waals surface area contributed by atoms with Crippen molar-refractivity contribution >= 4 is 17.1 Å². The second-order valence-electron chi connectivity index (χ2n) is 6.07. The Morgan fingerprint density at radius 2 is 2.14 bits per heavy atom. The maximum atomic E-state index is 11.8. The lowest BCUT2D eigenvalue weighted by atomic mass is 10.1. The average Bonchev–Trinajstić information content (AvgIpc) is 3.24. The van der Waals surface area contributed by atoms with Gasteiger partial charge in [-0.25, -0.2) is 9.78 Å². The monoisotopic (exact) mass is 302 g/mol. The number of imidazole rings is 1. The number of aromatic nitrogens is 2. The second-order valence-corrected chi connectivity index (χ2v) is 6.07. The Bertz CT molecular complexity index is 676. The first-order valence-electron chi connectivity index (χ1n) is 7.68. The summed E-state index contributed by atoms with van der Waals surface area (Å²) < 4.78 is 2.10. The summed E-state index contributed by atoms with van der Waals surface area (Å²) >= 11 is 0. The molecule has 1 aliphatic rings. The van der Waals surface area contributed by atoms with Gasteiger partial charge < -0.3 is 20.3 Å². The van der Waals surface area contributed by atoms with Crippen molar-refractivity contribution in [2.75, 3.05) is 19.7 Å². The molecule has 1 aliphatic carbocycles. The third-order valence-corrected chi connectivity index (χ3v) is 4.38. The summed E-state index contributed by atoms with van der Waals surface area (Å²) in [6.45, 7) is 3.89. The first kappa shape index (κ1) is 14.8. The van der Waals surface area contributed by atoms with Crippen LogP contribution < -0.4 is 10.6 Å². The summed E-state index contributed by atoms with van der Waals surface area (Å²) in [7, 11) is 0. The number of amides is 2. The molecular formula is C16H22N4O2. The normalized spacial score (nSPS) is 15.7. The lowest BCUT2D eigenvalue weighted by Gasteiger charge is -2.14. The third kappa shape index (κ3) is 3.06. The molecule has 0 radical (unpaired) electrons. The first-order valence-corrected chi connectivity index (χ1v) is 7.68. The topological polar surface area (TPSA) is 79.2 Å². The molecule has 0 atom stereocenters. The zero-order valence-electron chi connectivity index (χ0n) is 12.8. The van der Waals surface area contributed by atoms with Gasteiger partial charge >= 0.3 is 6.03 Å². The maximum absolute atomic E-state index is 11.8. The number of aryl methyl sites for hydroxylation is 1. The van der Waals surface area contributed by atoms with E-state index in [0.717, 1.165) is 29.7 Å². The van der Waals surface area contributed by atoms with Crippen LogP contribution in [0.4, 0.5) is 4.79 Å². The molecule has 6 heteroatoms. The fourth-order valence-electron chi connectivity index (χ4n) is 2.66. The summed E-state index contributed by atoms with van der Waals surface area (Å²) in [6, 6.07) is 7.81. The van der Waals surface area contributed by atoms with Crippen LogP contribution >= 0.6 is 0 Å². The smallest absolute Gasteiger partial charge is 0.314 e. The van der Waals surface area contributed by atoms with Crippen LogP contribution in [0.15, 0.2) is 24.3 Å². The number of nitrogens with one attached hydrogen (secondary N) is 2. The van der Waals surface area contributed by atoms with E-state index in [1.165, 1.54) is 0 Å². The van der Waals surface area contributed by atoms with Crippen LogP contribution in [0, 0.1) is 12.3 Å². The average molecular weight is 302 g/mol. The molecule has 1 aromatic carbocycles. The Hall–Kier alpha value is -2.08. The highest BCUT2D eigenvalue weighted by atomic mass is 16.3. The van der Waals surface area contributed by atoms with Crippen LogP contribution in [0.3, 0.4) is 0 Å². The summed E-state index contributed by atoms with van der Waals surface area (Å²) in [5.41, 5.74) is 2.00. The Morgan fingerprint density at radius 3 is 2.86 bits per heavy atom.